The Kier molecular flexibility index (Phi) is 5.40. The van der Waals surface area contributed by atoms with E-state index in [1.807, 2.05) is 0 Å². The maximum Gasteiger partial charge on any atom is 0.123 e. The topological polar surface area (TPSA) is 21.3 Å². The molecule has 0 fully saturated rings. The molecule has 0 aliphatic carbocycles. The molecule has 2 rings (SSSR count). The van der Waals surface area contributed by atoms with Crippen molar-refractivity contribution in [2.45, 2.75) is 33.2 Å². The number of hydrogen-bond donors (Lipinski definition) is 1. The van der Waals surface area contributed by atoms with Crippen LogP contribution in [0.2, 0.25) is 0 Å². The summed E-state index contributed by atoms with van der Waals surface area (Å²) in [5.74, 6) is 0.942. The van der Waals surface area contributed by atoms with E-state index in [-0.39, 0.29) is 6.04 Å². The number of rotatable bonds is 6. The van der Waals surface area contributed by atoms with Gasteiger partial charge >= 0.3 is 0 Å². The van der Waals surface area contributed by atoms with Crippen LogP contribution in [-0.4, -0.2) is 13.7 Å². The van der Waals surface area contributed by atoms with E-state index in [1.165, 1.54) is 22.3 Å². The predicted molar refractivity (Wildman–Crippen MR) is 89.1 cm³/mol. The lowest BCUT2D eigenvalue weighted by molar-refractivity contribution is 0.404. The summed E-state index contributed by atoms with van der Waals surface area (Å²) >= 11 is 0. The van der Waals surface area contributed by atoms with E-state index in [2.05, 4.69) is 68.6 Å². The summed E-state index contributed by atoms with van der Waals surface area (Å²) in [6.45, 7) is 7.39. The molecule has 112 valence electrons. The summed E-state index contributed by atoms with van der Waals surface area (Å²) in [5.41, 5.74) is 5.18. The van der Waals surface area contributed by atoms with E-state index >= 15 is 0 Å². The van der Waals surface area contributed by atoms with E-state index in [0.717, 1.165) is 18.7 Å². The Bertz CT molecular complexity index is 592. The third kappa shape index (κ3) is 3.45. The van der Waals surface area contributed by atoms with Crippen LogP contribution in [0, 0.1) is 6.92 Å². The van der Waals surface area contributed by atoms with E-state index in [9.17, 15) is 0 Å². The molecule has 21 heavy (non-hydrogen) atoms. The Morgan fingerprint density at radius 3 is 2.48 bits per heavy atom. The van der Waals surface area contributed by atoms with Crippen LogP contribution in [0.1, 0.15) is 42.1 Å². The molecule has 2 aromatic carbocycles. The zero-order valence-electron chi connectivity index (χ0n) is 13.4. The summed E-state index contributed by atoms with van der Waals surface area (Å²) < 4.78 is 5.58. The fraction of sp³-hybridized carbons (Fsp3) is 0.368. The number of methoxy groups -OCH3 is 1. The summed E-state index contributed by atoms with van der Waals surface area (Å²) in [6, 6.07) is 15.2. The molecule has 1 unspecified atom stereocenters. The first-order valence-corrected chi connectivity index (χ1v) is 7.67. The van der Waals surface area contributed by atoms with Gasteiger partial charge in [0.05, 0.1) is 13.2 Å². The lowest BCUT2D eigenvalue weighted by Gasteiger charge is -2.24. The Hall–Kier alpha value is -1.80. The van der Waals surface area contributed by atoms with Gasteiger partial charge < -0.3 is 10.1 Å². The van der Waals surface area contributed by atoms with Gasteiger partial charge in [-0.3, -0.25) is 0 Å². The quantitative estimate of drug-likeness (QED) is 0.855. The normalized spacial score (nSPS) is 12.2. The highest BCUT2D eigenvalue weighted by molar-refractivity contribution is 5.46. The van der Waals surface area contributed by atoms with E-state index < -0.39 is 0 Å². The first-order chi connectivity index (χ1) is 10.2. The maximum absolute atomic E-state index is 5.58. The molecule has 0 aliphatic rings. The van der Waals surface area contributed by atoms with Crippen LogP contribution >= 0.6 is 0 Å². The first kappa shape index (κ1) is 15.6. The molecule has 0 spiro atoms. The molecule has 0 bridgehead atoms. The number of nitrogens with one attached hydrogen (secondary N) is 1. The molecule has 2 aromatic rings. The zero-order chi connectivity index (χ0) is 15.2. The molecule has 0 amide bonds. The van der Waals surface area contributed by atoms with Gasteiger partial charge in [0.15, 0.2) is 0 Å². The van der Waals surface area contributed by atoms with Gasteiger partial charge in [0.2, 0.25) is 0 Å². The standard InChI is InChI=1S/C19H25NO/c1-5-15-9-7-8-10-16(15)19(20-6-2)17-13-14(3)11-12-18(17)21-4/h7-13,19-20H,5-6H2,1-4H3. The Balaban J connectivity index is 2.55. The average molecular weight is 283 g/mol. The lowest BCUT2D eigenvalue weighted by Crippen LogP contribution is -2.23. The largest absolute Gasteiger partial charge is 0.496 e. The predicted octanol–water partition coefficient (Wildman–Crippen LogP) is 4.26. The van der Waals surface area contributed by atoms with Gasteiger partial charge in [-0.2, -0.15) is 0 Å². The fourth-order valence-electron chi connectivity index (χ4n) is 2.81. The zero-order valence-corrected chi connectivity index (χ0v) is 13.4. The molecule has 1 atom stereocenters. The Labute approximate surface area is 128 Å². The van der Waals surface area contributed by atoms with Crippen molar-refractivity contribution >= 4 is 0 Å². The second-order valence-electron chi connectivity index (χ2n) is 5.29. The molecule has 1 N–H and O–H groups in total. The molecule has 0 radical (unpaired) electrons. The molecule has 0 aromatic heterocycles. The first-order valence-electron chi connectivity index (χ1n) is 7.67. The van der Waals surface area contributed by atoms with Crippen molar-refractivity contribution in [1.29, 1.82) is 0 Å². The number of aryl methyl sites for hydroxylation is 2. The molecule has 2 heteroatoms. The Morgan fingerprint density at radius 2 is 1.81 bits per heavy atom. The lowest BCUT2D eigenvalue weighted by atomic mass is 9.92. The van der Waals surface area contributed by atoms with Crippen LogP contribution in [0.15, 0.2) is 42.5 Å². The van der Waals surface area contributed by atoms with Crippen LogP contribution in [0.5, 0.6) is 5.75 Å². The molecular weight excluding hydrogens is 258 g/mol. The van der Waals surface area contributed by atoms with Crippen LogP contribution in [-0.2, 0) is 6.42 Å². The van der Waals surface area contributed by atoms with Crippen molar-refractivity contribution < 1.29 is 4.74 Å². The molecule has 0 heterocycles. The minimum atomic E-state index is 0.168. The van der Waals surface area contributed by atoms with Crippen molar-refractivity contribution in [2.24, 2.45) is 0 Å². The molecule has 0 aliphatic heterocycles. The summed E-state index contributed by atoms with van der Waals surface area (Å²) in [6.07, 6.45) is 1.03. The van der Waals surface area contributed by atoms with Crippen molar-refractivity contribution in [3.8, 4) is 5.75 Å². The number of benzene rings is 2. The van der Waals surface area contributed by atoms with Crippen molar-refractivity contribution in [2.75, 3.05) is 13.7 Å². The van der Waals surface area contributed by atoms with Crippen molar-refractivity contribution in [3.05, 3.63) is 64.7 Å². The summed E-state index contributed by atoms with van der Waals surface area (Å²) in [5, 5.41) is 3.61. The highest BCUT2D eigenvalue weighted by atomic mass is 16.5. The molecule has 0 saturated carbocycles. The van der Waals surface area contributed by atoms with Gasteiger partial charge in [-0.15, -0.1) is 0 Å². The second kappa shape index (κ2) is 7.28. The summed E-state index contributed by atoms with van der Waals surface area (Å²) in [4.78, 5) is 0. The van der Waals surface area contributed by atoms with Crippen molar-refractivity contribution in [3.63, 3.8) is 0 Å². The van der Waals surface area contributed by atoms with Crippen molar-refractivity contribution in [1.82, 2.24) is 5.32 Å². The fourth-order valence-corrected chi connectivity index (χ4v) is 2.81. The van der Waals surface area contributed by atoms with E-state index in [1.54, 1.807) is 7.11 Å². The minimum Gasteiger partial charge on any atom is -0.496 e. The van der Waals surface area contributed by atoms with Gasteiger partial charge in [-0.05, 0) is 37.1 Å². The molecule has 0 saturated heterocycles. The highest BCUT2D eigenvalue weighted by Gasteiger charge is 2.19. The van der Waals surface area contributed by atoms with Gasteiger partial charge in [-0.1, -0.05) is 55.8 Å². The SMILES string of the molecule is CCNC(c1ccccc1CC)c1cc(C)ccc1OC. The van der Waals surface area contributed by atoms with Crippen LogP contribution < -0.4 is 10.1 Å². The van der Waals surface area contributed by atoms with E-state index in [0.29, 0.717) is 0 Å². The number of ether oxygens (including phenoxy) is 1. The second-order valence-corrected chi connectivity index (χ2v) is 5.29. The van der Waals surface area contributed by atoms with E-state index in [4.69, 9.17) is 4.74 Å². The van der Waals surface area contributed by atoms with Crippen LogP contribution in [0.25, 0.3) is 0 Å². The minimum absolute atomic E-state index is 0.168. The Morgan fingerprint density at radius 1 is 1.05 bits per heavy atom. The smallest absolute Gasteiger partial charge is 0.123 e. The summed E-state index contributed by atoms with van der Waals surface area (Å²) in [7, 11) is 1.74. The average Bonchev–Trinajstić information content (AvgIpc) is 2.52. The molecule has 2 nitrogen and oxygen atoms in total. The van der Waals surface area contributed by atoms with Gasteiger partial charge in [0.25, 0.3) is 0 Å². The van der Waals surface area contributed by atoms with Gasteiger partial charge in [-0.25, -0.2) is 0 Å². The monoisotopic (exact) mass is 283 g/mol. The van der Waals surface area contributed by atoms with Crippen LogP contribution in [0.4, 0.5) is 0 Å². The van der Waals surface area contributed by atoms with Crippen LogP contribution in [0.3, 0.4) is 0 Å². The van der Waals surface area contributed by atoms with Gasteiger partial charge in [0, 0.05) is 5.56 Å². The number of hydrogen-bond acceptors (Lipinski definition) is 2. The third-order valence-electron chi connectivity index (χ3n) is 3.85. The van der Waals surface area contributed by atoms with Gasteiger partial charge in [0.1, 0.15) is 5.75 Å². The highest BCUT2D eigenvalue weighted by Crippen LogP contribution is 2.32. The maximum atomic E-state index is 5.58. The third-order valence-corrected chi connectivity index (χ3v) is 3.85. The molecular formula is C19H25NO.